The van der Waals surface area contributed by atoms with E-state index in [1.165, 1.54) is 11.1 Å². The Bertz CT molecular complexity index is 1560. The zero-order chi connectivity index (χ0) is 29.4. The third kappa shape index (κ3) is 7.96. The van der Waals surface area contributed by atoms with Gasteiger partial charge in [0.05, 0.1) is 10.1 Å². The quantitative estimate of drug-likeness (QED) is 0.254. The first-order valence-electron chi connectivity index (χ1n) is 14.5. The van der Waals surface area contributed by atoms with Crippen LogP contribution in [0, 0.1) is 0 Å². The number of nitrogens with zero attached hydrogens (tertiary/aromatic N) is 2. The molecule has 2 aromatic carbocycles. The molecule has 2 aliphatic heterocycles. The van der Waals surface area contributed by atoms with Crippen LogP contribution in [0.3, 0.4) is 0 Å². The van der Waals surface area contributed by atoms with Crippen LogP contribution in [-0.4, -0.2) is 31.3 Å². The van der Waals surface area contributed by atoms with Crippen molar-refractivity contribution in [2.45, 2.75) is 76.7 Å². The maximum atomic E-state index is 11.1. The van der Waals surface area contributed by atoms with Crippen LogP contribution in [0.2, 0.25) is 0 Å². The second kappa shape index (κ2) is 14.7. The van der Waals surface area contributed by atoms with Gasteiger partial charge in [0.2, 0.25) is 0 Å². The maximum Gasteiger partial charge on any atom is 1.00 e. The van der Waals surface area contributed by atoms with Gasteiger partial charge in [0, 0.05) is 34.1 Å². The molecule has 1 unspecified atom stereocenters. The summed E-state index contributed by atoms with van der Waals surface area (Å²) in [5.41, 5.74) is 7.84. The molecule has 5 rings (SSSR count). The molecule has 1 aliphatic carbocycles. The molecule has 9 heteroatoms. The molecule has 3 aliphatic rings. The van der Waals surface area contributed by atoms with Gasteiger partial charge in [0.1, 0.15) is 0 Å². The fourth-order valence-electron chi connectivity index (χ4n) is 6.41. The van der Waals surface area contributed by atoms with Gasteiger partial charge in [-0.1, -0.05) is 112 Å². The Kier molecular flexibility index (Phi) is 12.6. The zero-order valence-corrected chi connectivity index (χ0v) is 31.9. The van der Waals surface area contributed by atoms with E-state index in [9.17, 15) is 13.0 Å². The van der Waals surface area contributed by atoms with Gasteiger partial charge < -0.3 is 14.8 Å². The van der Waals surface area contributed by atoms with Crippen LogP contribution in [0.4, 0.5) is 11.4 Å². The number of unbranched alkanes of at least 4 members (excludes halogenated alkanes) is 1. The van der Waals surface area contributed by atoms with Crippen molar-refractivity contribution in [3.63, 3.8) is 0 Å². The molecule has 0 bridgehead atoms. The molecular weight excluding hydrogens is 598 g/mol. The number of para-hydroxylation sites is 2. The molecule has 218 valence electrons. The van der Waals surface area contributed by atoms with Crippen molar-refractivity contribution in [2.24, 2.45) is 0 Å². The number of anilines is 1. The van der Waals surface area contributed by atoms with Gasteiger partial charge in [-0.15, -0.1) is 5.69 Å². The third-order valence-electron chi connectivity index (χ3n) is 8.82. The van der Waals surface area contributed by atoms with Crippen molar-refractivity contribution in [3.8, 4) is 0 Å². The van der Waals surface area contributed by atoms with Crippen LogP contribution >= 0.6 is 11.6 Å². The number of hydrogen-bond donors (Lipinski definition) is 0. The summed E-state index contributed by atoms with van der Waals surface area (Å²) in [7, 11) is -4.21. The van der Waals surface area contributed by atoms with Crippen LogP contribution in [0.25, 0.3) is 5.32 Å². The zero-order valence-electron chi connectivity index (χ0n) is 26.4. The monoisotopic (exact) mass is 636 g/mol. The number of hydrogen-bond acceptors (Lipinski definition) is 4. The molecule has 0 fully saturated rings. The van der Waals surface area contributed by atoms with E-state index >= 15 is 0 Å². The predicted molar refractivity (Wildman–Crippen MR) is 169 cm³/mol. The van der Waals surface area contributed by atoms with E-state index in [0.717, 1.165) is 52.5 Å². The van der Waals surface area contributed by atoms with Crippen LogP contribution in [0.1, 0.15) is 70.9 Å². The van der Waals surface area contributed by atoms with Gasteiger partial charge in [-0.2, -0.15) is 0 Å². The summed E-state index contributed by atoms with van der Waals surface area (Å²) >= 11 is 7.02. The van der Waals surface area contributed by atoms with Gasteiger partial charge in [-0.25, -0.2) is 8.42 Å². The molecule has 2 heterocycles. The Labute approximate surface area is 307 Å². The predicted octanol–water partition coefficient (Wildman–Crippen LogP) is 2.53. The minimum absolute atomic E-state index is 0. The van der Waals surface area contributed by atoms with Gasteiger partial charge in [-0.3, -0.25) is 0 Å². The average Bonchev–Trinajstić information content (AvgIpc) is 3.30. The van der Waals surface area contributed by atoms with E-state index in [-0.39, 0.29) is 81.7 Å². The van der Waals surface area contributed by atoms with Crippen LogP contribution in [-0.2, 0) is 20.9 Å². The molecule has 1 atom stereocenters. The smallest absolute Gasteiger partial charge is 0.748 e. The summed E-state index contributed by atoms with van der Waals surface area (Å²) in [6, 6.07) is 16.8. The normalized spacial score (nSPS) is 22.3. The third-order valence-corrected chi connectivity index (χ3v) is 10.1. The summed E-state index contributed by atoms with van der Waals surface area (Å²) in [5, 5.41) is 5.79. The second-order valence-electron chi connectivity index (χ2n) is 12.4. The summed E-state index contributed by atoms with van der Waals surface area (Å²) in [4.78, 5) is 2.27. The number of halogens is 1. The second-order valence-corrected chi connectivity index (χ2v) is 14.3. The molecular formula is C34H39ClN2Na2O3S. The van der Waals surface area contributed by atoms with Crippen molar-refractivity contribution in [3.05, 3.63) is 111 Å². The first kappa shape index (κ1) is 36.7. The molecule has 5 nitrogen and oxygen atoms in total. The standard InChI is InChI=1S/C34H40ClN2O3S.2Na/c1-33(2)26-14-5-7-16-28(26)36-30(33)20-18-24-12-11-13-25(32(24)35)19-21-31-34(3,4)27-15-6-8-17-29(27)37(31)22-9-10-23-41(38,39)40;;/h5-8,14-21,30H,9-13,22-23H2,1-4H3,(H,38,39,40);;/q-1;2*+1/p-1/b20-18+,25-19+,31-21+;;. The summed E-state index contributed by atoms with van der Waals surface area (Å²) < 4.78 is 33.4. The fourth-order valence-corrected chi connectivity index (χ4v) is 7.28. The molecule has 0 aromatic heterocycles. The molecule has 43 heavy (non-hydrogen) atoms. The molecule has 0 saturated heterocycles. The number of fused-ring (bicyclic) bond motifs is 2. The van der Waals surface area contributed by atoms with Crippen molar-refractivity contribution in [1.29, 1.82) is 0 Å². The molecule has 0 spiro atoms. The Balaban J connectivity index is 0.00000253. The van der Waals surface area contributed by atoms with Gasteiger partial charge in [0.25, 0.3) is 0 Å². The maximum absolute atomic E-state index is 11.1. The topological polar surface area (TPSA) is 74.5 Å². The molecule has 0 radical (unpaired) electrons. The first-order valence-corrected chi connectivity index (χ1v) is 16.4. The summed E-state index contributed by atoms with van der Waals surface area (Å²) in [5.74, 6) is -0.330. The Morgan fingerprint density at radius 1 is 0.977 bits per heavy atom. The summed E-state index contributed by atoms with van der Waals surface area (Å²) in [6.45, 7) is 9.58. The van der Waals surface area contributed by atoms with E-state index in [4.69, 9.17) is 16.9 Å². The molecule has 0 N–H and O–H groups in total. The number of benzene rings is 2. The minimum Gasteiger partial charge on any atom is -0.748 e. The van der Waals surface area contributed by atoms with Gasteiger partial charge >= 0.3 is 59.1 Å². The Hall–Kier alpha value is -0.800. The average molecular weight is 637 g/mol. The van der Waals surface area contributed by atoms with Crippen LogP contribution in [0.5, 0.6) is 0 Å². The SMILES string of the molecule is CC1(C)/C(=C\C=C2/CCCC(/C=C/C3[N-]c4ccccc4C3(C)C)=C2Cl)N(CCCCS(=O)(=O)[O-])c2ccccc21.[Na+].[Na+]. The Morgan fingerprint density at radius 3 is 2.35 bits per heavy atom. The van der Waals surface area contributed by atoms with Crippen molar-refractivity contribution >= 4 is 33.1 Å². The van der Waals surface area contributed by atoms with E-state index in [2.05, 4.69) is 93.3 Å². The number of rotatable bonds is 8. The minimum atomic E-state index is -4.21. The van der Waals surface area contributed by atoms with Crippen LogP contribution < -0.4 is 64.0 Å². The van der Waals surface area contributed by atoms with E-state index in [0.29, 0.717) is 19.4 Å². The van der Waals surface area contributed by atoms with Gasteiger partial charge in [0.15, 0.2) is 0 Å². The number of allylic oxidation sites excluding steroid dienone is 7. The largest absolute Gasteiger partial charge is 1.00 e. The van der Waals surface area contributed by atoms with Crippen molar-refractivity contribution in [2.75, 3.05) is 17.2 Å². The molecule has 0 saturated carbocycles. The van der Waals surface area contributed by atoms with E-state index < -0.39 is 10.1 Å². The van der Waals surface area contributed by atoms with E-state index in [1.54, 1.807) is 0 Å². The van der Waals surface area contributed by atoms with Crippen LogP contribution in [0.15, 0.2) is 94.7 Å². The Morgan fingerprint density at radius 2 is 1.65 bits per heavy atom. The van der Waals surface area contributed by atoms with Crippen molar-refractivity contribution in [1.82, 2.24) is 0 Å². The van der Waals surface area contributed by atoms with Crippen molar-refractivity contribution < 1.29 is 72.1 Å². The first-order chi connectivity index (χ1) is 19.4. The fraction of sp³-hybridized carbons (Fsp3) is 0.412. The van der Waals surface area contributed by atoms with E-state index in [1.807, 2.05) is 12.1 Å². The van der Waals surface area contributed by atoms with Gasteiger partial charge in [-0.05, 0) is 66.4 Å². The molecule has 2 aromatic rings. The summed E-state index contributed by atoms with van der Waals surface area (Å²) in [6.07, 6.45) is 12.6. The molecule has 0 amide bonds.